The third-order valence-electron chi connectivity index (χ3n) is 12.8. The number of pyridine rings is 2. The molecular weight excluding hydrogens is 1000 g/mol. The molecule has 0 N–H and O–H groups in total. The predicted molar refractivity (Wildman–Crippen MR) is 281 cm³/mol. The third-order valence-corrected chi connectivity index (χ3v) is 12.8. The Hall–Kier alpha value is -6.97. The van der Waals surface area contributed by atoms with Crippen LogP contribution in [0.5, 0.6) is 0 Å². The molecule has 0 atom stereocenters. The number of furan rings is 1. The second-order valence-electron chi connectivity index (χ2n) is 17.0. The Balaban J connectivity index is 0.000000244. The molecule has 4 heteroatoms. The van der Waals surface area contributed by atoms with Gasteiger partial charge in [-0.2, -0.15) is 0 Å². The molecule has 3 aromatic heterocycles. The van der Waals surface area contributed by atoms with Crippen molar-refractivity contribution >= 4 is 43.5 Å². The van der Waals surface area contributed by atoms with E-state index < -0.39 is 40.2 Å². The van der Waals surface area contributed by atoms with Gasteiger partial charge in [0.2, 0.25) is 0 Å². The number of fused-ring (bicyclic) bond motifs is 6. The van der Waals surface area contributed by atoms with Crippen molar-refractivity contribution in [1.82, 2.24) is 9.97 Å². The quantitative estimate of drug-likeness (QED) is 0.123. The van der Waals surface area contributed by atoms with Crippen LogP contribution in [0.2, 0.25) is 0 Å². The molecular formula is C64H52IrN2O-2. The van der Waals surface area contributed by atoms with Gasteiger partial charge in [0.1, 0.15) is 5.58 Å². The molecule has 0 saturated heterocycles. The minimum Gasteiger partial charge on any atom is -0.501 e. The number of nitrogens with zero attached hydrogens (tertiary/aromatic N) is 2. The minimum absolute atomic E-state index is 0. The van der Waals surface area contributed by atoms with Crippen molar-refractivity contribution in [3.05, 3.63) is 216 Å². The third kappa shape index (κ3) is 8.60. The van der Waals surface area contributed by atoms with Crippen LogP contribution in [0, 0.1) is 46.4 Å². The SMILES string of the molecule is [2H]C([2H])([2H])c1cc(C2([2H])CCCC2)ccc1-c1ccc(-c2cc(-c3[c-]ccc4c3oc3cc5c(ccc6ccccc65)cc34)ncc2C([2H])([2H])[2H])c(C([2H])([2H])[2H])c1.[2H]C([2H])([2H])c1ccc(-c2[c-]cc(C([2H])([2H])[2H])c(-c3ccccc3)c2)nc1.[Ir]. The van der Waals surface area contributed by atoms with Crippen molar-refractivity contribution in [2.24, 2.45) is 0 Å². The number of aryl methyl sites for hydroxylation is 5. The largest absolute Gasteiger partial charge is 0.501 e. The van der Waals surface area contributed by atoms with Crippen LogP contribution < -0.4 is 0 Å². The smallest absolute Gasteiger partial charge is 0.121 e. The molecule has 1 aliphatic carbocycles. The minimum atomic E-state index is -2.72. The molecule has 1 fully saturated rings. The molecule has 1 aliphatic rings. The molecule has 0 unspecified atom stereocenters. The Bertz CT molecular complexity index is 4270. The normalized spacial score (nSPS) is 17.5. The van der Waals surface area contributed by atoms with Crippen LogP contribution in [0.1, 0.15) is 86.9 Å². The van der Waals surface area contributed by atoms with Gasteiger partial charge < -0.3 is 14.4 Å². The van der Waals surface area contributed by atoms with E-state index in [0.717, 1.165) is 50.7 Å². The average molecular weight is 1070 g/mol. The van der Waals surface area contributed by atoms with E-state index in [1.165, 1.54) is 30.6 Å². The van der Waals surface area contributed by atoms with Crippen LogP contribution in [0.25, 0.3) is 99.4 Å². The van der Waals surface area contributed by atoms with Crippen molar-refractivity contribution in [3.8, 4) is 55.9 Å². The molecule has 12 rings (SSSR count). The number of benzene rings is 8. The maximum Gasteiger partial charge on any atom is 0.121 e. The van der Waals surface area contributed by atoms with Gasteiger partial charge in [-0.25, -0.2) is 0 Å². The summed E-state index contributed by atoms with van der Waals surface area (Å²) in [6, 6.07) is 53.1. The zero-order valence-corrected chi connectivity index (χ0v) is 39.0. The van der Waals surface area contributed by atoms with E-state index in [1.54, 1.807) is 54.6 Å². The molecule has 3 heterocycles. The second-order valence-corrected chi connectivity index (χ2v) is 17.0. The van der Waals surface area contributed by atoms with E-state index in [-0.39, 0.29) is 59.0 Å². The van der Waals surface area contributed by atoms with Gasteiger partial charge in [0, 0.05) is 59.8 Å². The summed E-state index contributed by atoms with van der Waals surface area (Å²) in [5.74, 6) is -0.871. The molecule has 1 radical (unpaired) electrons. The molecule has 0 bridgehead atoms. The summed E-state index contributed by atoms with van der Waals surface area (Å²) in [6.07, 6.45) is 5.65. The molecule has 1 saturated carbocycles. The monoisotopic (exact) mass is 1070 g/mol. The van der Waals surface area contributed by atoms with E-state index >= 15 is 0 Å². The fourth-order valence-corrected chi connectivity index (χ4v) is 9.35. The maximum absolute atomic E-state index is 9.00. The first-order valence-corrected chi connectivity index (χ1v) is 22.2. The van der Waals surface area contributed by atoms with Gasteiger partial charge in [-0.3, -0.25) is 0 Å². The Morgan fingerprint density at radius 1 is 0.544 bits per heavy atom. The first kappa shape index (κ1) is 29.7. The second kappa shape index (κ2) is 19.0. The van der Waals surface area contributed by atoms with E-state index in [4.69, 9.17) is 26.3 Å². The Kier molecular flexibility index (Phi) is 8.29. The topological polar surface area (TPSA) is 38.9 Å². The fraction of sp³-hybridized carbons (Fsp3) is 0.156. The Morgan fingerprint density at radius 3 is 2.16 bits per heavy atom. The van der Waals surface area contributed by atoms with Crippen molar-refractivity contribution in [2.45, 2.75) is 65.8 Å². The van der Waals surface area contributed by atoms with Crippen molar-refractivity contribution < 1.29 is 46.5 Å². The molecule has 11 aromatic rings. The molecule has 3 nitrogen and oxygen atoms in total. The standard InChI is InChI=1S/C45H36NO.C19H16N.Ir/c1-27-21-32(30-9-4-5-10-30)17-19-35(27)33-18-20-36(28(2)22-33)40-24-43(46-26-29(40)3)39-14-8-13-38-42-23-34-16-15-31-11-6-7-12-37(31)41(34)25-44(42)47-45(38)39;1-14-8-11-19(20-13-14)17-10-9-15(2)18(12-17)16-6-4-3-5-7-16;/h6-8,11-13,15-26,30H,4-5,9-10H2,1-3H3;3-9,11-13H,1-2H3;/q2*-1;/i1D3,2D3,3D3,30D;1D3,2D3;. The van der Waals surface area contributed by atoms with Crippen LogP contribution in [0.15, 0.2) is 175 Å². The van der Waals surface area contributed by atoms with E-state index in [9.17, 15) is 0 Å². The van der Waals surface area contributed by atoms with Crippen LogP contribution >= 0.6 is 0 Å². The summed E-state index contributed by atoms with van der Waals surface area (Å²) < 4.78 is 137. The van der Waals surface area contributed by atoms with Crippen LogP contribution in [0.4, 0.5) is 0 Å². The zero-order valence-electron chi connectivity index (χ0n) is 52.6. The average Bonchev–Trinajstić information content (AvgIpc) is 1.65. The summed E-state index contributed by atoms with van der Waals surface area (Å²) in [5.41, 5.74) is 6.27. The van der Waals surface area contributed by atoms with E-state index in [1.807, 2.05) is 54.6 Å². The van der Waals surface area contributed by atoms with Gasteiger partial charge in [-0.05, 0) is 147 Å². The molecule has 0 spiro atoms. The van der Waals surface area contributed by atoms with Gasteiger partial charge in [0.25, 0.3) is 0 Å². The number of aromatic nitrogens is 2. The summed E-state index contributed by atoms with van der Waals surface area (Å²) in [4.78, 5) is 8.80. The van der Waals surface area contributed by atoms with Crippen molar-refractivity contribution in [2.75, 3.05) is 0 Å². The first-order valence-electron chi connectivity index (χ1n) is 30.2. The summed E-state index contributed by atoms with van der Waals surface area (Å²) in [6.45, 7) is -12.4. The van der Waals surface area contributed by atoms with Crippen LogP contribution in [-0.4, -0.2) is 9.97 Å². The van der Waals surface area contributed by atoms with E-state index in [2.05, 4.69) is 52.4 Å². The number of hydrogen-bond acceptors (Lipinski definition) is 3. The maximum atomic E-state index is 9.00. The van der Waals surface area contributed by atoms with Gasteiger partial charge in [-0.1, -0.05) is 158 Å². The number of hydrogen-bond donors (Lipinski definition) is 0. The molecule has 68 heavy (non-hydrogen) atoms. The zero-order chi connectivity index (χ0) is 59.0. The Labute approximate surface area is 435 Å². The fourth-order valence-electron chi connectivity index (χ4n) is 9.35. The molecule has 335 valence electrons. The van der Waals surface area contributed by atoms with Crippen molar-refractivity contribution in [3.63, 3.8) is 0 Å². The summed E-state index contributed by atoms with van der Waals surface area (Å²) in [7, 11) is 0. The van der Waals surface area contributed by atoms with Gasteiger partial charge in [-0.15, -0.1) is 47.5 Å². The van der Waals surface area contributed by atoms with Crippen LogP contribution in [0.3, 0.4) is 0 Å². The predicted octanol–water partition coefficient (Wildman–Crippen LogP) is 17.5. The first-order chi connectivity index (χ1) is 39.2. The summed E-state index contributed by atoms with van der Waals surface area (Å²) in [5, 5.41) is 6.03. The van der Waals surface area contributed by atoms with E-state index in [0.29, 0.717) is 68.8 Å². The molecule has 0 amide bonds. The van der Waals surface area contributed by atoms with Gasteiger partial charge >= 0.3 is 0 Å². The van der Waals surface area contributed by atoms with Crippen LogP contribution in [-0.2, 0) is 20.1 Å². The Morgan fingerprint density at radius 2 is 1.34 bits per heavy atom. The van der Waals surface area contributed by atoms with Crippen molar-refractivity contribution in [1.29, 1.82) is 0 Å². The van der Waals surface area contributed by atoms with Gasteiger partial charge in [0.15, 0.2) is 0 Å². The van der Waals surface area contributed by atoms with Gasteiger partial charge in [0.05, 0.1) is 5.58 Å². The molecule has 8 aromatic carbocycles. The number of rotatable bonds is 6. The summed E-state index contributed by atoms with van der Waals surface area (Å²) >= 11 is 0. The molecule has 0 aliphatic heterocycles.